The SMILES string of the molecule is Cc1ccc(-c2c(C#N)nnn2-c2cc(Cl)ccc2C)cc1. The maximum absolute atomic E-state index is 9.33. The molecule has 3 rings (SSSR count). The summed E-state index contributed by atoms with van der Waals surface area (Å²) in [6.07, 6.45) is 0. The fraction of sp³-hybridized carbons (Fsp3) is 0.118. The normalized spacial score (nSPS) is 10.5. The van der Waals surface area contributed by atoms with Gasteiger partial charge in [0.15, 0.2) is 5.69 Å². The Labute approximate surface area is 133 Å². The van der Waals surface area contributed by atoms with Gasteiger partial charge in [-0.2, -0.15) is 5.26 Å². The molecule has 22 heavy (non-hydrogen) atoms. The first-order valence-electron chi connectivity index (χ1n) is 6.79. The maximum atomic E-state index is 9.33. The van der Waals surface area contributed by atoms with Crippen LogP contribution in [0.3, 0.4) is 0 Å². The molecule has 0 saturated heterocycles. The van der Waals surface area contributed by atoms with E-state index in [2.05, 4.69) is 16.4 Å². The summed E-state index contributed by atoms with van der Waals surface area (Å²) in [6, 6.07) is 15.6. The molecule has 0 atom stereocenters. The van der Waals surface area contributed by atoms with E-state index in [1.165, 1.54) is 0 Å². The van der Waals surface area contributed by atoms with Crippen molar-refractivity contribution in [2.45, 2.75) is 13.8 Å². The molecule has 0 bridgehead atoms. The van der Waals surface area contributed by atoms with Gasteiger partial charge in [0.1, 0.15) is 11.8 Å². The Morgan fingerprint density at radius 3 is 2.50 bits per heavy atom. The molecule has 0 amide bonds. The van der Waals surface area contributed by atoms with Gasteiger partial charge in [0.2, 0.25) is 0 Å². The second-order valence-electron chi connectivity index (χ2n) is 5.11. The lowest BCUT2D eigenvalue weighted by Crippen LogP contribution is -2.02. The fourth-order valence-corrected chi connectivity index (χ4v) is 2.47. The summed E-state index contributed by atoms with van der Waals surface area (Å²) in [5, 5.41) is 18.1. The maximum Gasteiger partial charge on any atom is 0.191 e. The van der Waals surface area contributed by atoms with Crippen LogP contribution in [-0.2, 0) is 0 Å². The summed E-state index contributed by atoms with van der Waals surface area (Å²) < 4.78 is 1.67. The molecule has 1 heterocycles. The summed E-state index contributed by atoms with van der Waals surface area (Å²) >= 11 is 6.10. The summed E-state index contributed by atoms with van der Waals surface area (Å²) in [5.74, 6) is 0. The number of hydrogen-bond acceptors (Lipinski definition) is 3. The first-order chi connectivity index (χ1) is 10.6. The zero-order valence-corrected chi connectivity index (χ0v) is 13.0. The third-order valence-corrected chi connectivity index (χ3v) is 3.74. The molecule has 0 spiro atoms. The predicted molar refractivity (Wildman–Crippen MR) is 86.0 cm³/mol. The minimum Gasteiger partial charge on any atom is -0.211 e. The van der Waals surface area contributed by atoms with E-state index in [9.17, 15) is 5.26 Å². The Hall–Kier alpha value is -2.64. The number of nitriles is 1. The summed E-state index contributed by atoms with van der Waals surface area (Å²) in [7, 11) is 0. The molecule has 5 heteroatoms. The molecule has 0 radical (unpaired) electrons. The molecule has 0 aliphatic rings. The molecule has 0 aliphatic carbocycles. The second kappa shape index (κ2) is 5.63. The molecule has 0 fully saturated rings. The van der Waals surface area contributed by atoms with Gasteiger partial charge < -0.3 is 0 Å². The van der Waals surface area contributed by atoms with Crippen molar-refractivity contribution in [1.29, 1.82) is 5.26 Å². The molecule has 0 unspecified atom stereocenters. The highest BCUT2D eigenvalue weighted by molar-refractivity contribution is 6.30. The number of aromatic nitrogens is 3. The Morgan fingerprint density at radius 1 is 1.09 bits per heavy atom. The van der Waals surface area contributed by atoms with Crippen LogP contribution < -0.4 is 0 Å². The lowest BCUT2D eigenvalue weighted by molar-refractivity contribution is 0.802. The van der Waals surface area contributed by atoms with E-state index in [1.807, 2.05) is 56.3 Å². The highest BCUT2D eigenvalue weighted by Crippen LogP contribution is 2.28. The topological polar surface area (TPSA) is 54.5 Å². The van der Waals surface area contributed by atoms with E-state index >= 15 is 0 Å². The van der Waals surface area contributed by atoms with Gasteiger partial charge in [0, 0.05) is 10.6 Å². The van der Waals surface area contributed by atoms with E-state index < -0.39 is 0 Å². The van der Waals surface area contributed by atoms with Crippen molar-refractivity contribution in [2.24, 2.45) is 0 Å². The molecule has 0 N–H and O–H groups in total. The molecule has 3 aromatic rings. The van der Waals surface area contributed by atoms with E-state index in [-0.39, 0.29) is 0 Å². The quantitative estimate of drug-likeness (QED) is 0.717. The van der Waals surface area contributed by atoms with Gasteiger partial charge >= 0.3 is 0 Å². The van der Waals surface area contributed by atoms with Crippen molar-refractivity contribution < 1.29 is 0 Å². The average Bonchev–Trinajstić information content (AvgIpc) is 2.94. The molecule has 1 aromatic heterocycles. The number of halogens is 1. The van der Waals surface area contributed by atoms with E-state index in [1.54, 1.807) is 4.68 Å². The van der Waals surface area contributed by atoms with Gasteiger partial charge in [0.05, 0.1) is 5.69 Å². The number of rotatable bonds is 2. The van der Waals surface area contributed by atoms with Crippen LogP contribution in [0, 0.1) is 25.2 Å². The monoisotopic (exact) mass is 308 g/mol. The van der Waals surface area contributed by atoms with Gasteiger partial charge in [-0.25, -0.2) is 4.68 Å². The zero-order chi connectivity index (χ0) is 15.7. The molecule has 0 aliphatic heterocycles. The third-order valence-electron chi connectivity index (χ3n) is 3.50. The number of benzene rings is 2. The first-order valence-corrected chi connectivity index (χ1v) is 7.17. The first kappa shape index (κ1) is 14.3. The van der Waals surface area contributed by atoms with Crippen LogP contribution in [-0.4, -0.2) is 15.0 Å². The fourth-order valence-electron chi connectivity index (χ4n) is 2.31. The Balaban J connectivity index is 2.26. The van der Waals surface area contributed by atoms with Crippen LogP contribution >= 0.6 is 11.6 Å². The van der Waals surface area contributed by atoms with Crippen molar-refractivity contribution >= 4 is 11.6 Å². The van der Waals surface area contributed by atoms with Gasteiger partial charge in [-0.15, -0.1) is 5.10 Å². The van der Waals surface area contributed by atoms with Crippen molar-refractivity contribution in [3.05, 3.63) is 64.3 Å². The van der Waals surface area contributed by atoms with Gasteiger partial charge in [-0.05, 0) is 31.5 Å². The molecular weight excluding hydrogens is 296 g/mol. The third kappa shape index (κ3) is 2.47. The van der Waals surface area contributed by atoms with Gasteiger partial charge in [0.25, 0.3) is 0 Å². The van der Waals surface area contributed by atoms with Crippen molar-refractivity contribution in [3.63, 3.8) is 0 Å². The van der Waals surface area contributed by atoms with Crippen LogP contribution in [0.5, 0.6) is 0 Å². The average molecular weight is 309 g/mol. The van der Waals surface area contributed by atoms with Crippen LogP contribution in [0.4, 0.5) is 0 Å². The van der Waals surface area contributed by atoms with Crippen LogP contribution in [0.25, 0.3) is 16.9 Å². The predicted octanol–water partition coefficient (Wildman–Crippen LogP) is 4.08. The second-order valence-corrected chi connectivity index (χ2v) is 5.54. The lowest BCUT2D eigenvalue weighted by atomic mass is 10.1. The van der Waals surface area contributed by atoms with Crippen LogP contribution in [0.15, 0.2) is 42.5 Å². The molecule has 0 saturated carbocycles. The number of aryl methyl sites for hydroxylation is 2. The summed E-state index contributed by atoms with van der Waals surface area (Å²) in [4.78, 5) is 0. The van der Waals surface area contributed by atoms with Gasteiger partial charge in [-0.1, -0.05) is 52.7 Å². The van der Waals surface area contributed by atoms with Crippen LogP contribution in [0.2, 0.25) is 5.02 Å². The Kier molecular flexibility index (Phi) is 3.66. The number of hydrogen-bond donors (Lipinski definition) is 0. The van der Waals surface area contributed by atoms with E-state index in [0.29, 0.717) is 16.4 Å². The zero-order valence-electron chi connectivity index (χ0n) is 12.2. The largest absolute Gasteiger partial charge is 0.211 e. The molecule has 2 aromatic carbocycles. The van der Waals surface area contributed by atoms with Crippen molar-refractivity contribution in [3.8, 4) is 23.0 Å². The lowest BCUT2D eigenvalue weighted by Gasteiger charge is -2.10. The number of nitrogens with zero attached hydrogens (tertiary/aromatic N) is 4. The smallest absolute Gasteiger partial charge is 0.191 e. The van der Waals surface area contributed by atoms with Crippen molar-refractivity contribution in [2.75, 3.05) is 0 Å². The van der Waals surface area contributed by atoms with Crippen LogP contribution in [0.1, 0.15) is 16.8 Å². The summed E-state index contributed by atoms with van der Waals surface area (Å²) in [6.45, 7) is 3.99. The highest BCUT2D eigenvalue weighted by Gasteiger charge is 2.17. The molecule has 4 nitrogen and oxygen atoms in total. The minimum absolute atomic E-state index is 0.295. The Morgan fingerprint density at radius 2 is 1.82 bits per heavy atom. The molecular formula is C17H13ClN4. The van der Waals surface area contributed by atoms with Crippen molar-refractivity contribution in [1.82, 2.24) is 15.0 Å². The van der Waals surface area contributed by atoms with E-state index in [0.717, 1.165) is 22.4 Å². The Bertz CT molecular complexity index is 873. The van der Waals surface area contributed by atoms with E-state index in [4.69, 9.17) is 11.6 Å². The molecule has 108 valence electrons. The summed E-state index contributed by atoms with van der Waals surface area (Å²) in [5.41, 5.74) is 4.84. The standard InChI is InChI=1S/C17H13ClN4/c1-11-3-6-13(7-4-11)17-15(10-19)20-21-22(17)16-9-14(18)8-5-12(16)2/h3-9H,1-2H3. The highest BCUT2D eigenvalue weighted by atomic mass is 35.5. The minimum atomic E-state index is 0.295. The van der Waals surface area contributed by atoms with Gasteiger partial charge in [-0.3, -0.25) is 0 Å².